The molecule has 2 aliphatic rings. The van der Waals surface area contributed by atoms with Gasteiger partial charge in [-0.1, -0.05) is 12.1 Å². The Labute approximate surface area is 161 Å². The van der Waals surface area contributed by atoms with Gasteiger partial charge in [-0.2, -0.15) is 0 Å². The Morgan fingerprint density at radius 3 is 2.67 bits per heavy atom. The Bertz CT molecular complexity index is 954. The van der Waals surface area contributed by atoms with Crippen molar-refractivity contribution in [3.05, 3.63) is 50.5 Å². The topological polar surface area (TPSA) is 84.0 Å². The summed E-state index contributed by atoms with van der Waals surface area (Å²) in [5.41, 5.74) is 1.69. The number of nitrogens with zero attached hydrogens (tertiary/aromatic N) is 2. The number of aliphatic imine (C=N–C) groups is 1. The summed E-state index contributed by atoms with van der Waals surface area (Å²) < 4.78 is 7.25. The highest BCUT2D eigenvalue weighted by Gasteiger charge is 2.27. The second-order valence-corrected chi connectivity index (χ2v) is 7.45. The lowest BCUT2D eigenvalue weighted by Gasteiger charge is -2.23. The quantitative estimate of drug-likeness (QED) is 0.530. The first kappa shape index (κ1) is 18.1. The summed E-state index contributed by atoms with van der Waals surface area (Å²) in [6, 6.07) is 8.12. The van der Waals surface area contributed by atoms with Gasteiger partial charge < -0.3 is 14.7 Å². The Kier molecular flexibility index (Phi) is 5.20. The lowest BCUT2D eigenvalue weighted by atomic mass is 10.2. The second kappa shape index (κ2) is 7.75. The monoisotopic (exact) mass is 387 g/mol. The van der Waals surface area contributed by atoms with Crippen LogP contribution in [-0.4, -0.2) is 47.2 Å². The molecule has 27 heavy (non-hydrogen) atoms. The minimum Gasteiger partial charge on any atom is -0.494 e. The lowest BCUT2D eigenvalue weighted by molar-refractivity contribution is -0.921. The first-order valence-electron chi connectivity index (χ1n) is 9.24. The summed E-state index contributed by atoms with van der Waals surface area (Å²) in [5, 5.41) is 10.4. The van der Waals surface area contributed by atoms with Gasteiger partial charge in [-0.3, -0.25) is 19.3 Å². The molecule has 1 aliphatic carbocycles. The van der Waals surface area contributed by atoms with E-state index in [1.165, 1.54) is 16.7 Å². The zero-order chi connectivity index (χ0) is 18.8. The van der Waals surface area contributed by atoms with Crippen LogP contribution in [0.4, 0.5) is 5.69 Å². The van der Waals surface area contributed by atoms with Crippen molar-refractivity contribution in [1.29, 1.82) is 0 Å². The normalized spacial score (nSPS) is 18.2. The van der Waals surface area contributed by atoms with Crippen LogP contribution in [0.1, 0.15) is 30.0 Å². The molecule has 1 aromatic carbocycles. The van der Waals surface area contributed by atoms with Crippen LogP contribution in [-0.2, 0) is 11.3 Å². The Morgan fingerprint density at radius 1 is 1.30 bits per heavy atom. The maximum Gasteiger partial charge on any atom is 0.264 e. The molecule has 2 aromatic rings. The molecule has 0 spiro atoms. The summed E-state index contributed by atoms with van der Waals surface area (Å²) >= 11 is 5.16. The molecule has 4 rings (SSSR count). The van der Waals surface area contributed by atoms with E-state index in [-0.39, 0.29) is 22.3 Å². The number of quaternary nitrogens is 1. The van der Waals surface area contributed by atoms with Gasteiger partial charge in [0.15, 0.2) is 4.77 Å². The first-order chi connectivity index (χ1) is 13.1. The maximum absolute atomic E-state index is 12.2. The van der Waals surface area contributed by atoms with Crippen molar-refractivity contribution in [2.45, 2.75) is 25.4 Å². The van der Waals surface area contributed by atoms with Crippen molar-refractivity contribution >= 4 is 24.1 Å². The van der Waals surface area contributed by atoms with E-state index in [1.54, 1.807) is 4.57 Å². The third kappa shape index (κ3) is 4.18. The number of H-pyrrole nitrogens is 1. The van der Waals surface area contributed by atoms with Gasteiger partial charge in [-0.15, -0.1) is 0 Å². The molecule has 0 amide bonds. The maximum atomic E-state index is 12.2. The average Bonchev–Trinajstić information content (AvgIpc) is 3.48. The number of hydrogen-bond acceptors (Lipinski definition) is 5. The summed E-state index contributed by atoms with van der Waals surface area (Å²) in [4.78, 5) is 20.6. The molecule has 2 heterocycles. The molecule has 8 heteroatoms. The van der Waals surface area contributed by atoms with Crippen molar-refractivity contribution in [3.63, 3.8) is 0 Å². The van der Waals surface area contributed by atoms with Gasteiger partial charge in [0.05, 0.1) is 18.9 Å². The van der Waals surface area contributed by atoms with Crippen molar-refractivity contribution in [3.8, 4) is 5.88 Å². The third-order valence-electron chi connectivity index (χ3n) is 5.00. The summed E-state index contributed by atoms with van der Waals surface area (Å²) in [6.07, 6.45) is 3.32. The van der Waals surface area contributed by atoms with Crippen LogP contribution in [0, 0.1) is 4.77 Å². The number of aromatic hydroxyl groups is 1. The van der Waals surface area contributed by atoms with Gasteiger partial charge in [0.25, 0.3) is 5.56 Å². The molecular formula is C19H23N4O3S+. The summed E-state index contributed by atoms with van der Waals surface area (Å²) in [6.45, 7) is 4.67. The molecule has 1 saturated carbocycles. The smallest absolute Gasteiger partial charge is 0.264 e. The van der Waals surface area contributed by atoms with Gasteiger partial charge in [0.1, 0.15) is 25.2 Å². The number of rotatable bonds is 5. The SMILES string of the molecule is O=c1[nH]c(=S)n(C2CC2)c(O)c1C=Nc1ccc(C[NH+]2CCOCC2)cc1. The average molecular weight is 387 g/mol. The molecule has 0 unspecified atom stereocenters. The van der Waals surface area contributed by atoms with Crippen LogP contribution >= 0.6 is 12.2 Å². The van der Waals surface area contributed by atoms with E-state index in [0.29, 0.717) is 0 Å². The van der Waals surface area contributed by atoms with Crippen LogP contribution in [0.25, 0.3) is 0 Å². The van der Waals surface area contributed by atoms with E-state index >= 15 is 0 Å². The van der Waals surface area contributed by atoms with Gasteiger partial charge in [-0.05, 0) is 37.2 Å². The highest BCUT2D eigenvalue weighted by Crippen LogP contribution is 2.37. The standard InChI is InChI=1S/C19H22N4O3S/c24-17-16(18(25)23(15-5-6-15)19(27)21-17)11-20-14-3-1-13(2-4-14)12-22-7-9-26-10-8-22/h1-4,11,15,25H,5-10,12H2,(H,21,24,27)/p+1. The number of morpholine rings is 1. The number of nitrogens with one attached hydrogen (secondary N) is 2. The fourth-order valence-electron chi connectivity index (χ4n) is 3.30. The van der Waals surface area contributed by atoms with E-state index in [1.807, 2.05) is 12.1 Å². The predicted molar refractivity (Wildman–Crippen MR) is 105 cm³/mol. The zero-order valence-electron chi connectivity index (χ0n) is 15.0. The predicted octanol–water partition coefficient (Wildman–Crippen LogP) is 1.11. The van der Waals surface area contributed by atoms with Crippen molar-refractivity contribution in [2.24, 2.45) is 4.99 Å². The van der Waals surface area contributed by atoms with E-state index < -0.39 is 5.56 Å². The van der Waals surface area contributed by atoms with E-state index in [0.717, 1.165) is 51.4 Å². The van der Waals surface area contributed by atoms with Crippen LogP contribution in [0.15, 0.2) is 34.1 Å². The molecule has 1 aliphatic heterocycles. The molecule has 7 nitrogen and oxygen atoms in total. The van der Waals surface area contributed by atoms with Crippen molar-refractivity contribution in [1.82, 2.24) is 9.55 Å². The molecule has 0 atom stereocenters. The molecule has 3 N–H and O–H groups in total. The Hall–Kier alpha value is -2.29. The highest BCUT2D eigenvalue weighted by molar-refractivity contribution is 7.71. The summed E-state index contributed by atoms with van der Waals surface area (Å²) in [7, 11) is 0. The molecule has 0 radical (unpaired) electrons. The Morgan fingerprint density at radius 2 is 2.00 bits per heavy atom. The van der Waals surface area contributed by atoms with Gasteiger partial charge in [-0.25, -0.2) is 0 Å². The number of benzene rings is 1. The number of aromatic nitrogens is 2. The van der Waals surface area contributed by atoms with Crippen LogP contribution in [0.5, 0.6) is 5.88 Å². The molecular weight excluding hydrogens is 364 g/mol. The molecule has 1 saturated heterocycles. The van der Waals surface area contributed by atoms with E-state index in [9.17, 15) is 9.90 Å². The molecule has 142 valence electrons. The fraction of sp³-hybridized carbons (Fsp3) is 0.421. The zero-order valence-corrected chi connectivity index (χ0v) is 15.8. The third-order valence-corrected chi connectivity index (χ3v) is 5.30. The second-order valence-electron chi connectivity index (χ2n) is 7.06. The Balaban J connectivity index is 1.50. The lowest BCUT2D eigenvalue weighted by Crippen LogP contribution is -3.12. The minimum absolute atomic E-state index is 0.109. The fourth-order valence-corrected chi connectivity index (χ4v) is 3.63. The molecule has 1 aromatic heterocycles. The number of hydrogen-bond donors (Lipinski definition) is 3. The van der Waals surface area contributed by atoms with Crippen LogP contribution in [0.3, 0.4) is 0 Å². The van der Waals surface area contributed by atoms with Gasteiger partial charge >= 0.3 is 0 Å². The summed E-state index contributed by atoms with van der Waals surface area (Å²) in [5.74, 6) is -0.109. The molecule has 0 bridgehead atoms. The van der Waals surface area contributed by atoms with E-state index in [4.69, 9.17) is 17.0 Å². The number of ether oxygens (including phenoxy) is 1. The first-order valence-corrected chi connectivity index (χ1v) is 9.65. The largest absolute Gasteiger partial charge is 0.494 e. The van der Waals surface area contributed by atoms with Crippen LogP contribution < -0.4 is 10.5 Å². The van der Waals surface area contributed by atoms with Crippen molar-refractivity contribution < 1.29 is 14.7 Å². The number of aromatic amines is 1. The van der Waals surface area contributed by atoms with Crippen molar-refractivity contribution in [2.75, 3.05) is 26.3 Å². The van der Waals surface area contributed by atoms with Gasteiger partial charge in [0, 0.05) is 17.8 Å². The van der Waals surface area contributed by atoms with Crippen LogP contribution in [0.2, 0.25) is 0 Å². The molecule has 2 fully saturated rings. The van der Waals surface area contributed by atoms with Gasteiger partial charge in [0.2, 0.25) is 5.88 Å². The highest BCUT2D eigenvalue weighted by atomic mass is 32.1. The minimum atomic E-state index is -0.425. The van der Waals surface area contributed by atoms with E-state index in [2.05, 4.69) is 22.1 Å².